The first-order chi connectivity index (χ1) is 6.88. The van der Waals surface area contributed by atoms with Crippen LogP contribution in [0.15, 0.2) is 12.4 Å². The number of rotatable bonds is 3. The highest BCUT2D eigenvalue weighted by Crippen LogP contribution is 2.12. The van der Waals surface area contributed by atoms with Crippen molar-refractivity contribution in [3.63, 3.8) is 0 Å². The van der Waals surface area contributed by atoms with Crippen molar-refractivity contribution in [3.05, 3.63) is 12.4 Å². The standard InChI is InChI=1S/C10H18N4/c1-2-14-8-10(7-12-14)13-9-3-5-11-6-4-9/h7-9,11,13H,2-6H2,1H3. The van der Waals surface area contributed by atoms with Gasteiger partial charge in [-0.25, -0.2) is 0 Å². The third kappa shape index (κ3) is 2.26. The van der Waals surface area contributed by atoms with Crippen LogP contribution in [0.3, 0.4) is 0 Å². The van der Waals surface area contributed by atoms with Gasteiger partial charge >= 0.3 is 0 Å². The molecule has 2 N–H and O–H groups in total. The molecule has 0 atom stereocenters. The zero-order chi connectivity index (χ0) is 9.80. The number of aromatic nitrogens is 2. The fourth-order valence-corrected chi connectivity index (χ4v) is 1.81. The van der Waals surface area contributed by atoms with Gasteiger partial charge in [0.1, 0.15) is 0 Å². The van der Waals surface area contributed by atoms with Crippen LogP contribution in [0.2, 0.25) is 0 Å². The molecule has 14 heavy (non-hydrogen) atoms. The van der Waals surface area contributed by atoms with E-state index in [-0.39, 0.29) is 0 Å². The molecule has 2 heterocycles. The van der Waals surface area contributed by atoms with E-state index in [1.165, 1.54) is 12.8 Å². The average Bonchev–Trinajstić information content (AvgIpc) is 2.67. The van der Waals surface area contributed by atoms with Crippen LogP contribution < -0.4 is 10.6 Å². The zero-order valence-electron chi connectivity index (χ0n) is 8.66. The first-order valence-electron chi connectivity index (χ1n) is 5.38. The first-order valence-corrected chi connectivity index (χ1v) is 5.38. The van der Waals surface area contributed by atoms with E-state index in [4.69, 9.17) is 0 Å². The SMILES string of the molecule is CCn1cc(NC2CCNCC2)cn1. The third-order valence-electron chi connectivity index (χ3n) is 2.67. The number of nitrogens with zero attached hydrogens (tertiary/aromatic N) is 2. The molecule has 1 fully saturated rings. The fraction of sp³-hybridized carbons (Fsp3) is 0.700. The van der Waals surface area contributed by atoms with Gasteiger partial charge in [0.05, 0.1) is 11.9 Å². The van der Waals surface area contributed by atoms with Crippen molar-refractivity contribution in [3.8, 4) is 0 Å². The highest BCUT2D eigenvalue weighted by molar-refractivity contribution is 5.39. The minimum absolute atomic E-state index is 0.616. The molecule has 0 saturated carbocycles. The van der Waals surface area contributed by atoms with E-state index in [9.17, 15) is 0 Å². The predicted octanol–water partition coefficient (Wildman–Crippen LogP) is 1.07. The number of nitrogens with one attached hydrogen (secondary N) is 2. The number of hydrogen-bond acceptors (Lipinski definition) is 3. The minimum atomic E-state index is 0.616. The zero-order valence-corrected chi connectivity index (χ0v) is 8.66. The maximum Gasteiger partial charge on any atom is 0.0728 e. The lowest BCUT2D eigenvalue weighted by Gasteiger charge is -2.23. The van der Waals surface area contributed by atoms with Gasteiger partial charge < -0.3 is 10.6 Å². The van der Waals surface area contributed by atoms with Crippen molar-refractivity contribution in [1.82, 2.24) is 15.1 Å². The monoisotopic (exact) mass is 194 g/mol. The summed E-state index contributed by atoms with van der Waals surface area (Å²) in [6.07, 6.45) is 6.39. The normalized spacial score (nSPS) is 18.4. The summed E-state index contributed by atoms with van der Waals surface area (Å²) in [7, 11) is 0. The van der Waals surface area contributed by atoms with E-state index >= 15 is 0 Å². The van der Waals surface area contributed by atoms with Crippen molar-refractivity contribution >= 4 is 5.69 Å². The van der Waals surface area contributed by atoms with Crippen LogP contribution in [-0.2, 0) is 6.54 Å². The lowest BCUT2D eigenvalue weighted by molar-refractivity contribution is 0.479. The first kappa shape index (κ1) is 9.52. The molecular weight excluding hydrogens is 176 g/mol. The van der Waals surface area contributed by atoms with E-state index in [0.29, 0.717) is 6.04 Å². The smallest absolute Gasteiger partial charge is 0.0728 e. The Hall–Kier alpha value is -1.03. The summed E-state index contributed by atoms with van der Waals surface area (Å²) in [5.41, 5.74) is 1.15. The number of hydrogen-bond donors (Lipinski definition) is 2. The predicted molar refractivity (Wildman–Crippen MR) is 57.4 cm³/mol. The molecule has 1 aliphatic heterocycles. The summed E-state index contributed by atoms with van der Waals surface area (Å²) in [5, 5.41) is 11.1. The Morgan fingerprint density at radius 1 is 1.57 bits per heavy atom. The molecule has 4 heteroatoms. The third-order valence-corrected chi connectivity index (χ3v) is 2.67. The Labute approximate surface area is 84.7 Å². The van der Waals surface area contributed by atoms with E-state index < -0.39 is 0 Å². The average molecular weight is 194 g/mol. The molecule has 1 aromatic heterocycles. The Morgan fingerprint density at radius 3 is 3.00 bits per heavy atom. The maximum atomic E-state index is 4.24. The highest BCUT2D eigenvalue weighted by Gasteiger charge is 2.12. The minimum Gasteiger partial charge on any atom is -0.380 e. The van der Waals surface area contributed by atoms with Gasteiger partial charge in [0.2, 0.25) is 0 Å². The van der Waals surface area contributed by atoms with Crippen molar-refractivity contribution in [2.75, 3.05) is 18.4 Å². The fourth-order valence-electron chi connectivity index (χ4n) is 1.81. The van der Waals surface area contributed by atoms with Gasteiger partial charge in [-0.15, -0.1) is 0 Å². The Morgan fingerprint density at radius 2 is 2.36 bits per heavy atom. The van der Waals surface area contributed by atoms with Crippen molar-refractivity contribution in [1.29, 1.82) is 0 Å². The van der Waals surface area contributed by atoms with Gasteiger partial charge in [-0.2, -0.15) is 5.10 Å². The van der Waals surface area contributed by atoms with Gasteiger partial charge in [0.15, 0.2) is 0 Å². The topological polar surface area (TPSA) is 41.9 Å². The number of aryl methyl sites for hydroxylation is 1. The molecule has 0 aromatic carbocycles. The quantitative estimate of drug-likeness (QED) is 0.756. The second-order valence-corrected chi connectivity index (χ2v) is 3.75. The van der Waals surface area contributed by atoms with E-state index in [2.05, 4.69) is 28.9 Å². The summed E-state index contributed by atoms with van der Waals surface area (Å²) >= 11 is 0. The summed E-state index contributed by atoms with van der Waals surface area (Å²) < 4.78 is 1.95. The summed E-state index contributed by atoms with van der Waals surface area (Å²) in [4.78, 5) is 0. The van der Waals surface area contributed by atoms with Crippen LogP contribution in [0.25, 0.3) is 0 Å². The van der Waals surface area contributed by atoms with Crippen LogP contribution in [0, 0.1) is 0 Å². The lowest BCUT2D eigenvalue weighted by atomic mass is 10.1. The number of piperidine rings is 1. The highest BCUT2D eigenvalue weighted by atomic mass is 15.3. The molecule has 1 saturated heterocycles. The van der Waals surface area contributed by atoms with Crippen molar-refractivity contribution in [2.24, 2.45) is 0 Å². The van der Waals surface area contributed by atoms with Gasteiger partial charge in [-0.05, 0) is 32.9 Å². The van der Waals surface area contributed by atoms with Crippen LogP contribution in [-0.4, -0.2) is 28.9 Å². The Bertz CT molecular complexity index is 275. The summed E-state index contributed by atoms with van der Waals surface area (Å²) in [6.45, 7) is 5.29. The van der Waals surface area contributed by atoms with Gasteiger partial charge in [-0.3, -0.25) is 4.68 Å². The maximum absolute atomic E-state index is 4.24. The molecule has 0 spiro atoms. The van der Waals surface area contributed by atoms with Crippen LogP contribution >= 0.6 is 0 Å². The van der Waals surface area contributed by atoms with Gasteiger partial charge in [0.25, 0.3) is 0 Å². The lowest BCUT2D eigenvalue weighted by Crippen LogP contribution is -2.35. The van der Waals surface area contributed by atoms with E-state index in [0.717, 1.165) is 25.3 Å². The molecule has 0 amide bonds. The van der Waals surface area contributed by atoms with Gasteiger partial charge in [0, 0.05) is 18.8 Å². The van der Waals surface area contributed by atoms with Crippen LogP contribution in [0.1, 0.15) is 19.8 Å². The molecule has 1 aromatic rings. The molecule has 0 aliphatic carbocycles. The number of anilines is 1. The summed E-state index contributed by atoms with van der Waals surface area (Å²) in [5.74, 6) is 0. The Balaban J connectivity index is 1.89. The second-order valence-electron chi connectivity index (χ2n) is 3.75. The molecule has 4 nitrogen and oxygen atoms in total. The molecule has 0 radical (unpaired) electrons. The van der Waals surface area contributed by atoms with Crippen molar-refractivity contribution in [2.45, 2.75) is 32.4 Å². The van der Waals surface area contributed by atoms with E-state index in [1.54, 1.807) is 0 Å². The molecule has 0 unspecified atom stereocenters. The molecule has 1 aliphatic rings. The molecule has 0 bridgehead atoms. The summed E-state index contributed by atoms with van der Waals surface area (Å²) in [6, 6.07) is 0.616. The van der Waals surface area contributed by atoms with Crippen LogP contribution in [0.5, 0.6) is 0 Å². The van der Waals surface area contributed by atoms with Gasteiger partial charge in [-0.1, -0.05) is 0 Å². The Kier molecular flexibility index (Phi) is 3.03. The molecular formula is C10H18N4. The van der Waals surface area contributed by atoms with E-state index in [1.807, 2.05) is 10.9 Å². The second kappa shape index (κ2) is 4.46. The molecule has 78 valence electrons. The largest absolute Gasteiger partial charge is 0.380 e. The molecule has 2 rings (SSSR count). The van der Waals surface area contributed by atoms with Crippen molar-refractivity contribution < 1.29 is 0 Å². The van der Waals surface area contributed by atoms with Crippen LogP contribution in [0.4, 0.5) is 5.69 Å².